The monoisotopic (exact) mass is 503 g/mol. The zero-order chi connectivity index (χ0) is 26.2. The predicted octanol–water partition coefficient (Wildman–Crippen LogP) is 5.96. The van der Waals surface area contributed by atoms with Gasteiger partial charge in [-0.1, -0.05) is 56.0 Å². The molecule has 1 aliphatic rings. The Bertz CT molecular complexity index is 1160. The second-order valence-electron chi connectivity index (χ2n) is 10.6. The van der Waals surface area contributed by atoms with Crippen LogP contribution >= 0.6 is 0 Å². The summed E-state index contributed by atoms with van der Waals surface area (Å²) >= 11 is 0. The standard InChI is InChI=1S/C31H41N3O3/c1-23(2)34(30(35)17-14-24-8-4-5-9-24)22-31(36)33(21-25-12-15-27(37-3)16-13-25)19-18-26-20-32-29-11-7-6-10-28(26)29/h6-7,10-13,15-16,20,23-24,32H,4-5,8-9,14,17-19,21-22H2,1-3H3. The van der Waals surface area contributed by atoms with E-state index in [1.165, 1.54) is 36.6 Å². The van der Waals surface area contributed by atoms with Gasteiger partial charge in [0, 0.05) is 42.7 Å². The van der Waals surface area contributed by atoms with Crippen LogP contribution in [0.5, 0.6) is 5.75 Å². The normalized spacial score (nSPS) is 13.8. The van der Waals surface area contributed by atoms with Crippen molar-refractivity contribution in [2.45, 2.75) is 71.4 Å². The van der Waals surface area contributed by atoms with Gasteiger partial charge in [-0.2, -0.15) is 0 Å². The van der Waals surface area contributed by atoms with Gasteiger partial charge in [0.15, 0.2) is 0 Å². The van der Waals surface area contributed by atoms with Crippen LogP contribution in [0.2, 0.25) is 0 Å². The summed E-state index contributed by atoms with van der Waals surface area (Å²) in [5.41, 5.74) is 3.33. The van der Waals surface area contributed by atoms with E-state index in [9.17, 15) is 9.59 Å². The number of ether oxygens (including phenoxy) is 1. The van der Waals surface area contributed by atoms with Gasteiger partial charge in [-0.15, -0.1) is 0 Å². The molecule has 198 valence electrons. The van der Waals surface area contributed by atoms with Crippen LogP contribution in [0, 0.1) is 5.92 Å². The summed E-state index contributed by atoms with van der Waals surface area (Å²) in [7, 11) is 1.65. The average Bonchev–Trinajstić information content (AvgIpc) is 3.58. The van der Waals surface area contributed by atoms with Crippen molar-refractivity contribution in [3.05, 3.63) is 65.9 Å². The number of rotatable bonds is 12. The molecular formula is C31H41N3O3. The molecule has 37 heavy (non-hydrogen) atoms. The van der Waals surface area contributed by atoms with Crippen molar-refractivity contribution >= 4 is 22.7 Å². The summed E-state index contributed by atoms with van der Waals surface area (Å²) in [5.74, 6) is 1.53. The first-order valence-corrected chi connectivity index (χ1v) is 13.7. The van der Waals surface area contributed by atoms with Crippen LogP contribution in [0.4, 0.5) is 0 Å². The number of nitrogens with zero attached hydrogens (tertiary/aromatic N) is 2. The van der Waals surface area contributed by atoms with Gasteiger partial charge in [-0.05, 0) is 61.9 Å². The Kier molecular flexibility index (Phi) is 9.26. The lowest BCUT2D eigenvalue weighted by molar-refractivity contribution is -0.142. The lowest BCUT2D eigenvalue weighted by Gasteiger charge is -2.30. The summed E-state index contributed by atoms with van der Waals surface area (Å²) < 4.78 is 5.30. The maximum absolute atomic E-state index is 13.7. The highest BCUT2D eigenvalue weighted by Gasteiger charge is 2.25. The van der Waals surface area contributed by atoms with Gasteiger partial charge in [-0.3, -0.25) is 9.59 Å². The second-order valence-corrected chi connectivity index (χ2v) is 10.6. The molecule has 2 aromatic carbocycles. The fraction of sp³-hybridized carbons (Fsp3) is 0.484. The summed E-state index contributed by atoms with van der Waals surface area (Å²) in [6, 6.07) is 16.1. The van der Waals surface area contributed by atoms with E-state index >= 15 is 0 Å². The van der Waals surface area contributed by atoms with E-state index in [0.29, 0.717) is 25.4 Å². The third kappa shape index (κ3) is 7.15. The predicted molar refractivity (Wildman–Crippen MR) is 148 cm³/mol. The minimum absolute atomic E-state index is 0.0152. The van der Waals surface area contributed by atoms with Crippen LogP contribution in [0.3, 0.4) is 0 Å². The lowest BCUT2D eigenvalue weighted by Crippen LogP contribution is -2.46. The highest BCUT2D eigenvalue weighted by Crippen LogP contribution is 2.29. The molecule has 0 atom stereocenters. The Morgan fingerprint density at radius 2 is 1.76 bits per heavy atom. The molecule has 1 saturated carbocycles. The molecule has 0 spiro atoms. The maximum Gasteiger partial charge on any atom is 0.242 e. The van der Waals surface area contributed by atoms with E-state index in [2.05, 4.69) is 17.1 Å². The van der Waals surface area contributed by atoms with Gasteiger partial charge < -0.3 is 19.5 Å². The van der Waals surface area contributed by atoms with Crippen molar-refractivity contribution in [1.29, 1.82) is 0 Å². The first-order valence-electron chi connectivity index (χ1n) is 13.7. The van der Waals surface area contributed by atoms with Crippen molar-refractivity contribution < 1.29 is 14.3 Å². The molecule has 0 saturated heterocycles. The highest BCUT2D eigenvalue weighted by atomic mass is 16.5. The number of benzene rings is 2. The fourth-order valence-corrected chi connectivity index (χ4v) is 5.41. The van der Waals surface area contributed by atoms with Gasteiger partial charge in [0.25, 0.3) is 0 Å². The third-order valence-electron chi connectivity index (χ3n) is 7.70. The van der Waals surface area contributed by atoms with Crippen LogP contribution in [0.25, 0.3) is 10.9 Å². The Morgan fingerprint density at radius 3 is 2.46 bits per heavy atom. The van der Waals surface area contributed by atoms with Crippen molar-refractivity contribution in [1.82, 2.24) is 14.8 Å². The topological polar surface area (TPSA) is 65.6 Å². The number of methoxy groups -OCH3 is 1. The van der Waals surface area contributed by atoms with Crippen LogP contribution in [0.1, 0.15) is 63.5 Å². The molecule has 6 heteroatoms. The first-order chi connectivity index (χ1) is 17.9. The zero-order valence-electron chi connectivity index (χ0n) is 22.5. The molecule has 4 rings (SSSR count). The number of nitrogens with one attached hydrogen (secondary N) is 1. The van der Waals surface area contributed by atoms with Crippen molar-refractivity contribution in [3.63, 3.8) is 0 Å². The smallest absolute Gasteiger partial charge is 0.242 e. The van der Waals surface area contributed by atoms with Crippen molar-refractivity contribution in [2.75, 3.05) is 20.2 Å². The van der Waals surface area contributed by atoms with Crippen LogP contribution in [0.15, 0.2) is 54.7 Å². The molecule has 6 nitrogen and oxygen atoms in total. The Morgan fingerprint density at radius 1 is 1.03 bits per heavy atom. The van der Waals surface area contributed by atoms with Gasteiger partial charge in [0.2, 0.25) is 11.8 Å². The lowest BCUT2D eigenvalue weighted by atomic mass is 10.0. The largest absolute Gasteiger partial charge is 0.497 e. The van der Waals surface area contributed by atoms with E-state index in [4.69, 9.17) is 4.74 Å². The summed E-state index contributed by atoms with van der Waals surface area (Å²) in [6.45, 7) is 5.19. The molecule has 2 amide bonds. The summed E-state index contributed by atoms with van der Waals surface area (Å²) in [5, 5.41) is 1.19. The molecule has 0 aliphatic heterocycles. The van der Waals surface area contributed by atoms with E-state index < -0.39 is 0 Å². The fourth-order valence-electron chi connectivity index (χ4n) is 5.41. The maximum atomic E-state index is 13.7. The minimum atomic E-state index is -0.0171. The number of aromatic amines is 1. The van der Waals surface area contributed by atoms with Crippen molar-refractivity contribution in [3.8, 4) is 5.75 Å². The molecule has 3 aromatic rings. The van der Waals surface area contributed by atoms with Crippen molar-refractivity contribution in [2.24, 2.45) is 5.92 Å². The third-order valence-corrected chi connectivity index (χ3v) is 7.70. The van der Waals surface area contributed by atoms with Gasteiger partial charge in [0.05, 0.1) is 13.7 Å². The summed E-state index contributed by atoms with van der Waals surface area (Å²) in [4.78, 5) is 33.8. The van der Waals surface area contributed by atoms with Crippen LogP contribution in [-0.2, 0) is 22.6 Å². The molecule has 0 radical (unpaired) electrons. The quantitative estimate of drug-likeness (QED) is 0.332. The van der Waals surface area contributed by atoms with Crippen LogP contribution in [-0.4, -0.2) is 52.8 Å². The number of aromatic nitrogens is 1. The Balaban J connectivity index is 1.46. The van der Waals surface area contributed by atoms with E-state index in [-0.39, 0.29) is 24.4 Å². The number of fused-ring (bicyclic) bond motifs is 1. The average molecular weight is 504 g/mol. The first kappa shape index (κ1) is 26.8. The molecule has 1 aromatic heterocycles. The molecule has 0 unspecified atom stereocenters. The molecule has 1 N–H and O–H groups in total. The van der Waals surface area contributed by atoms with Gasteiger partial charge >= 0.3 is 0 Å². The number of carbonyl (C=O) groups excluding carboxylic acids is 2. The molecule has 0 bridgehead atoms. The molecule has 1 heterocycles. The molecule has 1 fully saturated rings. The van der Waals surface area contributed by atoms with E-state index in [0.717, 1.165) is 29.7 Å². The SMILES string of the molecule is COc1ccc(CN(CCc2c[nH]c3ccccc23)C(=O)CN(C(=O)CCC2CCCC2)C(C)C)cc1. The van der Waals surface area contributed by atoms with Crippen LogP contribution < -0.4 is 4.74 Å². The van der Waals surface area contributed by atoms with E-state index in [1.807, 2.05) is 61.3 Å². The second kappa shape index (κ2) is 12.8. The molecular weight excluding hydrogens is 462 g/mol. The molecule has 1 aliphatic carbocycles. The summed E-state index contributed by atoms with van der Waals surface area (Å²) in [6.07, 6.45) is 9.27. The van der Waals surface area contributed by atoms with Gasteiger partial charge in [-0.25, -0.2) is 0 Å². The number of amides is 2. The Labute approximate surface area is 221 Å². The highest BCUT2D eigenvalue weighted by molar-refractivity contribution is 5.85. The number of para-hydroxylation sites is 1. The zero-order valence-corrected chi connectivity index (χ0v) is 22.5. The number of H-pyrrole nitrogens is 1. The van der Waals surface area contributed by atoms with E-state index in [1.54, 1.807) is 12.0 Å². The number of hydrogen-bond acceptors (Lipinski definition) is 3. The number of hydrogen-bond donors (Lipinski definition) is 1. The minimum Gasteiger partial charge on any atom is -0.497 e. The number of carbonyl (C=O) groups is 2. The Hall–Kier alpha value is -3.28. The van der Waals surface area contributed by atoms with Gasteiger partial charge in [0.1, 0.15) is 5.75 Å².